The molecule has 0 unspecified atom stereocenters. The Hall–Kier alpha value is -1.42. The van der Waals surface area contributed by atoms with Gasteiger partial charge in [0.2, 0.25) is 5.91 Å². The molecule has 1 fully saturated rings. The van der Waals surface area contributed by atoms with Crippen LogP contribution in [-0.2, 0) is 4.79 Å². The summed E-state index contributed by atoms with van der Waals surface area (Å²) in [7, 11) is 0. The van der Waals surface area contributed by atoms with E-state index in [9.17, 15) is 9.18 Å². The number of halogens is 1. The number of nitrogens with two attached hydrogens (primary N) is 1. The first-order chi connectivity index (χ1) is 8.15. The van der Waals surface area contributed by atoms with E-state index >= 15 is 0 Å². The molecule has 0 aliphatic heterocycles. The number of hydrogen-bond acceptors (Lipinski definition) is 2. The quantitative estimate of drug-likeness (QED) is 0.846. The lowest BCUT2D eigenvalue weighted by Gasteiger charge is -2.14. The monoisotopic (exact) mass is 236 g/mol. The lowest BCUT2D eigenvalue weighted by atomic mass is 10.00. The van der Waals surface area contributed by atoms with E-state index < -0.39 is 0 Å². The molecule has 3 N–H and O–H groups in total. The third-order valence-electron chi connectivity index (χ3n) is 3.29. The zero-order chi connectivity index (χ0) is 12.3. The predicted molar refractivity (Wildman–Crippen MR) is 65.0 cm³/mol. The maximum Gasteiger partial charge on any atom is 0.224 e. The number of carbonyl (C=O) groups is 1. The van der Waals surface area contributed by atoms with E-state index in [-0.39, 0.29) is 23.7 Å². The highest BCUT2D eigenvalue weighted by molar-refractivity contribution is 5.90. The minimum atomic E-state index is -0.305. The van der Waals surface area contributed by atoms with Crippen LogP contribution in [0.1, 0.15) is 25.7 Å². The van der Waals surface area contributed by atoms with Gasteiger partial charge in [-0.15, -0.1) is 0 Å². The topological polar surface area (TPSA) is 55.1 Å². The first-order valence-corrected chi connectivity index (χ1v) is 5.96. The summed E-state index contributed by atoms with van der Waals surface area (Å²) in [6.07, 6.45) is 3.60. The van der Waals surface area contributed by atoms with Gasteiger partial charge in [-0.1, -0.05) is 6.42 Å². The Morgan fingerprint density at radius 3 is 2.65 bits per heavy atom. The van der Waals surface area contributed by atoms with E-state index in [1.165, 1.54) is 12.1 Å². The molecule has 0 aromatic heterocycles. The van der Waals surface area contributed by atoms with Gasteiger partial charge in [0.25, 0.3) is 0 Å². The molecule has 1 saturated carbocycles. The van der Waals surface area contributed by atoms with Gasteiger partial charge in [-0.05, 0) is 43.0 Å². The molecule has 0 saturated heterocycles. The largest absolute Gasteiger partial charge is 0.327 e. The summed E-state index contributed by atoms with van der Waals surface area (Å²) in [6.45, 7) is 0. The third kappa shape index (κ3) is 3.27. The number of benzene rings is 1. The lowest BCUT2D eigenvalue weighted by Crippen LogP contribution is -2.28. The zero-order valence-electron chi connectivity index (χ0n) is 9.66. The van der Waals surface area contributed by atoms with Crippen LogP contribution in [0, 0.1) is 11.7 Å². The van der Waals surface area contributed by atoms with E-state index in [0.29, 0.717) is 12.1 Å². The van der Waals surface area contributed by atoms with Crippen LogP contribution in [0.3, 0.4) is 0 Å². The maximum atomic E-state index is 12.7. The van der Waals surface area contributed by atoms with Gasteiger partial charge in [0.05, 0.1) is 0 Å². The van der Waals surface area contributed by atoms with Crippen LogP contribution >= 0.6 is 0 Å². The van der Waals surface area contributed by atoms with Gasteiger partial charge in [-0.25, -0.2) is 4.39 Å². The second-order valence-corrected chi connectivity index (χ2v) is 4.61. The van der Waals surface area contributed by atoms with Crippen molar-refractivity contribution >= 4 is 11.6 Å². The first kappa shape index (κ1) is 12.0. The fourth-order valence-corrected chi connectivity index (χ4v) is 2.30. The molecule has 0 heterocycles. The SMILES string of the molecule is N[C@@H]1CCC[C@H]1CC(=O)Nc1ccc(F)cc1. The van der Waals surface area contributed by atoms with Crippen LogP contribution < -0.4 is 11.1 Å². The highest BCUT2D eigenvalue weighted by atomic mass is 19.1. The predicted octanol–water partition coefficient (Wildman–Crippen LogP) is 2.28. The van der Waals surface area contributed by atoms with Crippen molar-refractivity contribution in [1.82, 2.24) is 0 Å². The number of carbonyl (C=O) groups excluding carboxylic acids is 1. The summed E-state index contributed by atoms with van der Waals surface area (Å²) in [5.74, 6) is -0.0600. The van der Waals surface area contributed by atoms with Crippen LogP contribution in [0.15, 0.2) is 24.3 Å². The van der Waals surface area contributed by atoms with Crippen LogP contribution in [0.4, 0.5) is 10.1 Å². The molecule has 0 bridgehead atoms. The van der Waals surface area contributed by atoms with Gasteiger partial charge in [-0.3, -0.25) is 4.79 Å². The van der Waals surface area contributed by atoms with E-state index in [1.807, 2.05) is 0 Å². The number of nitrogens with one attached hydrogen (secondary N) is 1. The van der Waals surface area contributed by atoms with Crippen molar-refractivity contribution in [1.29, 1.82) is 0 Å². The lowest BCUT2D eigenvalue weighted by molar-refractivity contribution is -0.117. The van der Waals surface area contributed by atoms with Crippen molar-refractivity contribution in [2.24, 2.45) is 11.7 Å². The molecule has 2 atom stereocenters. The highest BCUT2D eigenvalue weighted by Crippen LogP contribution is 2.27. The molecule has 0 radical (unpaired) electrons. The fourth-order valence-electron chi connectivity index (χ4n) is 2.30. The Morgan fingerprint density at radius 1 is 1.35 bits per heavy atom. The van der Waals surface area contributed by atoms with Gasteiger partial charge >= 0.3 is 0 Å². The summed E-state index contributed by atoms with van der Waals surface area (Å²) in [6, 6.07) is 5.92. The van der Waals surface area contributed by atoms with Crippen LogP contribution in [0.25, 0.3) is 0 Å². The van der Waals surface area contributed by atoms with Crippen molar-refractivity contribution in [2.45, 2.75) is 31.7 Å². The molecule has 2 rings (SSSR count). The molecule has 17 heavy (non-hydrogen) atoms. The highest BCUT2D eigenvalue weighted by Gasteiger charge is 2.25. The van der Waals surface area contributed by atoms with Crippen LogP contribution in [-0.4, -0.2) is 11.9 Å². The van der Waals surface area contributed by atoms with Gasteiger partial charge < -0.3 is 11.1 Å². The molecule has 1 amide bonds. The molecule has 1 aliphatic carbocycles. The summed E-state index contributed by atoms with van der Waals surface area (Å²) in [5.41, 5.74) is 6.54. The second-order valence-electron chi connectivity index (χ2n) is 4.61. The van der Waals surface area contributed by atoms with Crippen molar-refractivity contribution < 1.29 is 9.18 Å². The van der Waals surface area contributed by atoms with Gasteiger partial charge in [0.15, 0.2) is 0 Å². The van der Waals surface area contributed by atoms with E-state index in [2.05, 4.69) is 5.32 Å². The van der Waals surface area contributed by atoms with Gasteiger partial charge in [0.1, 0.15) is 5.82 Å². The Labute approximate surface area is 100 Å². The normalized spacial score (nSPS) is 23.6. The van der Waals surface area contributed by atoms with Crippen molar-refractivity contribution in [2.75, 3.05) is 5.32 Å². The maximum absolute atomic E-state index is 12.7. The molecular weight excluding hydrogens is 219 g/mol. The molecule has 1 aliphatic rings. The van der Waals surface area contributed by atoms with Crippen molar-refractivity contribution in [3.05, 3.63) is 30.1 Å². The Morgan fingerprint density at radius 2 is 2.06 bits per heavy atom. The smallest absolute Gasteiger partial charge is 0.224 e. The van der Waals surface area contributed by atoms with Crippen molar-refractivity contribution in [3.8, 4) is 0 Å². The third-order valence-corrected chi connectivity index (χ3v) is 3.29. The first-order valence-electron chi connectivity index (χ1n) is 5.96. The van der Waals surface area contributed by atoms with Gasteiger partial charge in [0, 0.05) is 18.2 Å². The zero-order valence-corrected chi connectivity index (χ0v) is 9.66. The molecule has 92 valence electrons. The average molecular weight is 236 g/mol. The fraction of sp³-hybridized carbons (Fsp3) is 0.462. The molecule has 1 aromatic rings. The molecule has 3 nitrogen and oxygen atoms in total. The van der Waals surface area contributed by atoms with Crippen LogP contribution in [0.5, 0.6) is 0 Å². The van der Waals surface area contributed by atoms with E-state index in [4.69, 9.17) is 5.73 Å². The second kappa shape index (κ2) is 5.27. The summed E-state index contributed by atoms with van der Waals surface area (Å²) in [4.78, 5) is 11.7. The minimum Gasteiger partial charge on any atom is -0.327 e. The molecular formula is C13H17FN2O. The minimum absolute atomic E-state index is 0.0426. The van der Waals surface area contributed by atoms with E-state index in [0.717, 1.165) is 19.3 Å². The summed E-state index contributed by atoms with van der Waals surface area (Å²) < 4.78 is 12.7. The molecule has 4 heteroatoms. The van der Waals surface area contributed by atoms with Crippen molar-refractivity contribution in [3.63, 3.8) is 0 Å². The Balaban J connectivity index is 1.86. The molecule has 1 aromatic carbocycles. The Kier molecular flexibility index (Phi) is 3.74. The van der Waals surface area contributed by atoms with Crippen LogP contribution in [0.2, 0.25) is 0 Å². The number of hydrogen-bond donors (Lipinski definition) is 2. The summed E-state index contributed by atoms with van der Waals surface area (Å²) >= 11 is 0. The summed E-state index contributed by atoms with van der Waals surface area (Å²) in [5, 5.41) is 2.76. The van der Waals surface area contributed by atoms with E-state index in [1.54, 1.807) is 12.1 Å². The average Bonchev–Trinajstić information content (AvgIpc) is 2.68. The standard InChI is InChI=1S/C13H17FN2O/c14-10-4-6-11(7-5-10)16-13(17)8-9-2-1-3-12(9)15/h4-7,9,12H,1-3,8,15H2,(H,16,17)/t9-,12+/m0/s1. The van der Waals surface area contributed by atoms with Gasteiger partial charge in [-0.2, -0.15) is 0 Å². The Bertz CT molecular complexity index is 391. The number of amides is 1. The number of anilines is 1. The molecule has 0 spiro atoms. The number of rotatable bonds is 3.